The number of rotatable bonds is 4. The van der Waals surface area contributed by atoms with Crippen molar-refractivity contribution >= 4 is 23.5 Å². The molecular formula is C18H21F3N4O2S. The predicted molar refractivity (Wildman–Crippen MR) is 100 cm³/mol. The van der Waals surface area contributed by atoms with E-state index in [2.05, 4.69) is 15.4 Å². The zero-order valence-corrected chi connectivity index (χ0v) is 16.1. The lowest BCUT2D eigenvalue weighted by molar-refractivity contribution is -0.0328. The first-order chi connectivity index (χ1) is 13.3. The molecule has 10 heteroatoms. The lowest BCUT2D eigenvalue weighted by Gasteiger charge is -2.22. The summed E-state index contributed by atoms with van der Waals surface area (Å²) >= 11 is -0.179. The summed E-state index contributed by atoms with van der Waals surface area (Å²) in [6.07, 6.45) is 0.825. The van der Waals surface area contributed by atoms with Crippen LogP contribution in [0.25, 0.3) is 0 Å². The third-order valence-corrected chi connectivity index (χ3v) is 5.02. The summed E-state index contributed by atoms with van der Waals surface area (Å²) in [5, 5.41) is 6.75. The minimum atomic E-state index is -4.33. The van der Waals surface area contributed by atoms with E-state index < -0.39 is 5.51 Å². The molecule has 0 atom stereocenters. The molecule has 0 aliphatic carbocycles. The summed E-state index contributed by atoms with van der Waals surface area (Å²) in [4.78, 5) is 16.5. The maximum atomic E-state index is 12.5. The number of carbonyl (C=O) groups excluding carboxylic acids is 1. The van der Waals surface area contributed by atoms with Gasteiger partial charge in [-0.25, -0.2) is 4.79 Å². The average Bonchev–Trinajstić information content (AvgIpc) is 2.88. The molecule has 1 aromatic carbocycles. The third-order valence-electron chi connectivity index (χ3n) is 4.28. The van der Waals surface area contributed by atoms with Crippen molar-refractivity contribution in [3.63, 3.8) is 0 Å². The van der Waals surface area contributed by atoms with Gasteiger partial charge in [-0.1, -0.05) is 5.16 Å². The Morgan fingerprint density at radius 1 is 1.21 bits per heavy atom. The first-order valence-corrected chi connectivity index (χ1v) is 9.66. The fourth-order valence-corrected chi connectivity index (χ4v) is 3.54. The van der Waals surface area contributed by atoms with Gasteiger partial charge in [-0.2, -0.15) is 13.2 Å². The Labute approximate surface area is 165 Å². The van der Waals surface area contributed by atoms with Gasteiger partial charge >= 0.3 is 11.5 Å². The van der Waals surface area contributed by atoms with E-state index in [0.29, 0.717) is 31.9 Å². The normalized spacial score (nSPS) is 16.1. The van der Waals surface area contributed by atoms with Crippen molar-refractivity contribution in [2.45, 2.75) is 30.3 Å². The second-order valence-electron chi connectivity index (χ2n) is 6.55. The molecule has 0 saturated carbocycles. The molecule has 0 bridgehead atoms. The number of amides is 2. The van der Waals surface area contributed by atoms with Crippen LogP contribution in [-0.2, 0) is 6.54 Å². The Hall–Kier alpha value is -2.20. The summed E-state index contributed by atoms with van der Waals surface area (Å²) in [7, 11) is 0. The molecule has 0 unspecified atom stereocenters. The standard InChI is InChI=1S/C18H21F3N4O2S/c1-13-11-15(23-27-13)12-24-7-2-8-25(10-9-24)17(26)22-14-3-5-16(6-4-14)28-18(19,20)21/h3-6,11H,2,7-10,12H2,1H3,(H,22,26). The predicted octanol–water partition coefficient (Wildman–Crippen LogP) is 4.33. The maximum absolute atomic E-state index is 12.5. The molecule has 0 radical (unpaired) electrons. The second kappa shape index (κ2) is 8.87. The van der Waals surface area contributed by atoms with Gasteiger partial charge < -0.3 is 14.7 Å². The maximum Gasteiger partial charge on any atom is 0.446 e. The molecule has 28 heavy (non-hydrogen) atoms. The number of aromatic nitrogens is 1. The van der Waals surface area contributed by atoms with Crippen LogP contribution in [0.3, 0.4) is 0 Å². The van der Waals surface area contributed by atoms with Crippen LogP contribution in [0.1, 0.15) is 17.9 Å². The fourth-order valence-electron chi connectivity index (χ4n) is 3.00. The number of urea groups is 1. The van der Waals surface area contributed by atoms with Gasteiger partial charge in [0, 0.05) is 49.4 Å². The van der Waals surface area contributed by atoms with Crippen molar-refractivity contribution in [1.82, 2.24) is 15.0 Å². The Kier molecular flexibility index (Phi) is 6.50. The molecule has 1 N–H and O–H groups in total. The van der Waals surface area contributed by atoms with E-state index in [1.165, 1.54) is 24.3 Å². The largest absolute Gasteiger partial charge is 0.446 e. The van der Waals surface area contributed by atoms with Gasteiger partial charge in [-0.3, -0.25) is 4.90 Å². The van der Waals surface area contributed by atoms with E-state index in [9.17, 15) is 18.0 Å². The number of halogens is 3. The molecule has 2 amide bonds. The number of nitrogens with zero attached hydrogens (tertiary/aromatic N) is 3. The molecule has 2 heterocycles. The van der Waals surface area contributed by atoms with Crippen molar-refractivity contribution in [3.05, 3.63) is 41.8 Å². The van der Waals surface area contributed by atoms with E-state index in [0.717, 1.165) is 24.4 Å². The van der Waals surface area contributed by atoms with Gasteiger partial charge in [0.1, 0.15) is 5.76 Å². The molecule has 2 aromatic rings. The van der Waals surface area contributed by atoms with Crippen molar-refractivity contribution < 1.29 is 22.5 Å². The minimum Gasteiger partial charge on any atom is -0.361 e. The monoisotopic (exact) mass is 414 g/mol. The van der Waals surface area contributed by atoms with E-state index in [-0.39, 0.29) is 22.7 Å². The summed E-state index contributed by atoms with van der Waals surface area (Å²) < 4.78 is 42.2. The smallest absolute Gasteiger partial charge is 0.361 e. The Balaban J connectivity index is 1.50. The fraction of sp³-hybridized carbons (Fsp3) is 0.444. The molecule has 1 aromatic heterocycles. The van der Waals surface area contributed by atoms with Crippen LogP contribution in [0.15, 0.2) is 39.8 Å². The molecular weight excluding hydrogens is 393 g/mol. The number of aryl methyl sites for hydroxylation is 1. The van der Waals surface area contributed by atoms with Gasteiger partial charge in [0.15, 0.2) is 0 Å². The molecule has 1 aliphatic heterocycles. The highest BCUT2D eigenvalue weighted by Crippen LogP contribution is 2.37. The van der Waals surface area contributed by atoms with Crippen LogP contribution in [0, 0.1) is 6.92 Å². The number of benzene rings is 1. The first-order valence-electron chi connectivity index (χ1n) is 8.85. The number of thioether (sulfide) groups is 1. The van der Waals surface area contributed by atoms with Crippen LogP contribution in [0.2, 0.25) is 0 Å². The van der Waals surface area contributed by atoms with Crippen molar-refractivity contribution in [2.24, 2.45) is 0 Å². The second-order valence-corrected chi connectivity index (χ2v) is 7.69. The number of nitrogens with one attached hydrogen (secondary N) is 1. The first kappa shape index (κ1) is 20.5. The number of hydrogen-bond acceptors (Lipinski definition) is 5. The van der Waals surface area contributed by atoms with Crippen molar-refractivity contribution in [1.29, 1.82) is 0 Å². The lowest BCUT2D eigenvalue weighted by Crippen LogP contribution is -2.38. The summed E-state index contributed by atoms with van der Waals surface area (Å²) in [5.41, 5.74) is -2.99. The average molecular weight is 414 g/mol. The van der Waals surface area contributed by atoms with E-state index in [1.807, 2.05) is 13.0 Å². The van der Waals surface area contributed by atoms with Crippen molar-refractivity contribution in [2.75, 3.05) is 31.5 Å². The Bertz CT molecular complexity index is 795. The molecule has 0 spiro atoms. The van der Waals surface area contributed by atoms with Gasteiger partial charge in [0.2, 0.25) is 0 Å². The molecule has 1 fully saturated rings. The third kappa shape index (κ3) is 6.16. The number of alkyl halides is 3. The number of hydrogen-bond donors (Lipinski definition) is 1. The molecule has 1 saturated heterocycles. The summed E-state index contributed by atoms with van der Waals surface area (Å²) in [6.45, 7) is 5.25. The highest BCUT2D eigenvalue weighted by molar-refractivity contribution is 8.00. The number of anilines is 1. The lowest BCUT2D eigenvalue weighted by atomic mass is 10.3. The van der Waals surface area contributed by atoms with Gasteiger partial charge in [-0.05, 0) is 49.4 Å². The van der Waals surface area contributed by atoms with Crippen LogP contribution in [0.5, 0.6) is 0 Å². The SMILES string of the molecule is Cc1cc(CN2CCCN(C(=O)Nc3ccc(SC(F)(F)F)cc3)CC2)no1. The summed E-state index contributed by atoms with van der Waals surface area (Å²) in [5.74, 6) is 0.769. The van der Waals surface area contributed by atoms with Gasteiger partial charge in [0.25, 0.3) is 0 Å². The van der Waals surface area contributed by atoms with E-state index in [1.54, 1.807) is 4.90 Å². The van der Waals surface area contributed by atoms with Crippen LogP contribution in [0.4, 0.5) is 23.7 Å². The van der Waals surface area contributed by atoms with E-state index in [4.69, 9.17) is 4.52 Å². The minimum absolute atomic E-state index is 0.0824. The zero-order chi connectivity index (χ0) is 20.1. The van der Waals surface area contributed by atoms with Crippen LogP contribution < -0.4 is 5.32 Å². The van der Waals surface area contributed by atoms with E-state index >= 15 is 0 Å². The molecule has 6 nitrogen and oxygen atoms in total. The quantitative estimate of drug-likeness (QED) is 0.755. The summed E-state index contributed by atoms with van der Waals surface area (Å²) in [6, 6.07) is 7.29. The number of carbonyl (C=O) groups is 1. The molecule has 1 aliphatic rings. The molecule has 3 rings (SSSR count). The van der Waals surface area contributed by atoms with Crippen LogP contribution >= 0.6 is 11.8 Å². The van der Waals surface area contributed by atoms with Gasteiger partial charge in [0.05, 0.1) is 5.69 Å². The molecule has 152 valence electrons. The Morgan fingerprint density at radius 3 is 2.61 bits per heavy atom. The van der Waals surface area contributed by atoms with Crippen LogP contribution in [-0.4, -0.2) is 52.7 Å². The van der Waals surface area contributed by atoms with Crippen molar-refractivity contribution in [3.8, 4) is 0 Å². The Morgan fingerprint density at radius 2 is 1.96 bits per heavy atom. The highest BCUT2D eigenvalue weighted by Gasteiger charge is 2.29. The highest BCUT2D eigenvalue weighted by atomic mass is 32.2. The van der Waals surface area contributed by atoms with Gasteiger partial charge in [-0.15, -0.1) is 0 Å². The topological polar surface area (TPSA) is 61.6 Å². The zero-order valence-electron chi connectivity index (χ0n) is 15.3.